The van der Waals surface area contributed by atoms with Crippen molar-refractivity contribution in [3.05, 3.63) is 11.7 Å². The summed E-state index contributed by atoms with van der Waals surface area (Å²) >= 11 is 0. The number of carboxylic acid groups (broad SMARTS) is 1. The Labute approximate surface area is 99.0 Å². The average Bonchev–Trinajstić information content (AvgIpc) is 2.78. The number of aliphatic carboxylic acids is 1. The van der Waals surface area contributed by atoms with Crippen molar-refractivity contribution in [2.45, 2.75) is 44.6 Å². The number of aromatic nitrogens is 2. The van der Waals surface area contributed by atoms with Crippen LogP contribution in [0.4, 0.5) is 0 Å². The second-order valence-electron chi connectivity index (χ2n) is 4.27. The van der Waals surface area contributed by atoms with Gasteiger partial charge in [-0.15, -0.1) is 0 Å². The van der Waals surface area contributed by atoms with Crippen LogP contribution in [0.1, 0.15) is 49.7 Å². The molecule has 1 aromatic rings. The molecule has 1 aliphatic carbocycles. The highest BCUT2D eigenvalue weighted by Crippen LogP contribution is 2.30. The molecule has 94 valence electrons. The standard InChI is InChI=1S/C11H16N2O4/c14-10(15)7-16-6-9-12-11(13-17-9)8-4-2-1-3-5-8/h8H,1-7H2,(H,14,15). The lowest BCUT2D eigenvalue weighted by Crippen LogP contribution is -2.08. The van der Waals surface area contributed by atoms with Crippen LogP contribution in [0, 0.1) is 0 Å². The van der Waals surface area contributed by atoms with Crippen LogP contribution in [0.5, 0.6) is 0 Å². The van der Waals surface area contributed by atoms with E-state index in [4.69, 9.17) is 14.4 Å². The Morgan fingerprint density at radius 3 is 2.88 bits per heavy atom. The third kappa shape index (κ3) is 3.52. The van der Waals surface area contributed by atoms with Gasteiger partial charge in [-0.2, -0.15) is 4.98 Å². The minimum absolute atomic E-state index is 0.0615. The second kappa shape index (κ2) is 5.77. The molecule has 0 bridgehead atoms. The summed E-state index contributed by atoms with van der Waals surface area (Å²) in [5, 5.41) is 12.3. The van der Waals surface area contributed by atoms with Crippen LogP contribution in [0.3, 0.4) is 0 Å². The molecular formula is C11H16N2O4. The Morgan fingerprint density at radius 1 is 1.41 bits per heavy atom. The van der Waals surface area contributed by atoms with Gasteiger partial charge in [-0.1, -0.05) is 24.4 Å². The fraction of sp³-hybridized carbons (Fsp3) is 0.727. The van der Waals surface area contributed by atoms with Gasteiger partial charge in [0.2, 0.25) is 0 Å². The lowest BCUT2D eigenvalue weighted by Gasteiger charge is -2.17. The van der Waals surface area contributed by atoms with Gasteiger partial charge < -0.3 is 14.4 Å². The van der Waals surface area contributed by atoms with Crippen molar-refractivity contribution in [2.24, 2.45) is 0 Å². The van der Waals surface area contributed by atoms with E-state index in [0.29, 0.717) is 11.8 Å². The Balaban J connectivity index is 1.84. The van der Waals surface area contributed by atoms with Crippen molar-refractivity contribution in [3.8, 4) is 0 Å². The number of carboxylic acids is 1. The third-order valence-corrected chi connectivity index (χ3v) is 2.91. The van der Waals surface area contributed by atoms with Crippen LogP contribution in [0.25, 0.3) is 0 Å². The van der Waals surface area contributed by atoms with Crippen molar-refractivity contribution >= 4 is 5.97 Å². The van der Waals surface area contributed by atoms with E-state index in [1.54, 1.807) is 0 Å². The predicted molar refractivity (Wildman–Crippen MR) is 57.4 cm³/mol. The quantitative estimate of drug-likeness (QED) is 0.843. The summed E-state index contributed by atoms with van der Waals surface area (Å²) in [6.07, 6.45) is 5.92. The highest BCUT2D eigenvalue weighted by atomic mass is 16.5. The molecule has 0 saturated heterocycles. The number of carbonyl (C=O) groups is 1. The molecule has 17 heavy (non-hydrogen) atoms. The van der Waals surface area contributed by atoms with Crippen LogP contribution >= 0.6 is 0 Å². The van der Waals surface area contributed by atoms with Gasteiger partial charge >= 0.3 is 5.97 Å². The van der Waals surface area contributed by atoms with E-state index in [2.05, 4.69) is 10.1 Å². The van der Waals surface area contributed by atoms with Gasteiger partial charge in [-0.05, 0) is 12.8 Å². The van der Waals surface area contributed by atoms with Gasteiger partial charge in [0.1, 0.15) is 13.2 Å². The first-order chi connectivity index (χ1) is 8.25. The smallest absolute Gasteiger partial charge is 0.329 e. The minimum atomic E-state index is -1.00. The summed E-state index contributed by atoms with van der Waals surface area (Å²) in [5.74, 6) is 0.475. The summed E-state index contributed by atoms with van der Waals surface area (Å²) in [5.41, 5.74) is 0. The fourth-order valence-corrected chi connectivity index (χ4v) is 2.08. The summed E-state index contributed by atoms with van der Waals surface area (Å²) in [6, 6.07) is 0. The maximum absolute atomic E-state index is 10.3. The Bertz CT molecular complexity index is 371. The fourth-order valence-electron chi connectivity index (χ4n) is 2.08. The van der Waals surface area contributed by atoms with Crippen LogP contribution in [-0.4, -0.2) is 27.8 Å². The second-order valence-corrected chi connectivity index (χ2v) is 4.27. The number of ether oxygens (including phenoxy) is 1. The normalized spacial score (nSPS) is 17.2. The Kier molecular flexibility index (Phi) is 4.08. The molecule has 0 aliphatic heterocycles. The molecule has 1 fully saturated rings. The molecule has 1 aliphatic rings. The predicted octanol–water partition coefficient (Wildman–Crippen LogP) is 1.72. The zero-order valence-electron chi connectivity index (χ0n) is 9.59. The molecule has 6 nitrogen and oxygen atoms in total. The topological polar surface area (TPSA) is 85.5 Å². The molecule has 1 aromatic heterocycles. The van der Waals surface area contributed by atoms with E-state index in [-0.39, 0.29) is 13.2 Å². The molecule has 6 heteroatoms. The van der Waals surface area contributed by atoms with Crippen molar-refractivity contribution in [3.63, 3.8) is 0 Å². The van der Waals surface area contributed by atoms with Crippen molar-refractivity contribution in [1.29, 1.82) is 0 Å². The molecule has 0 unspecified atom stereocenters. The van der Waals surface area contributed by atoms with E-state index < -0.39 is 5.97 Å². The molecule has 1 saturated carbocycles. The van der Waals surface area contributed by atoms with Gasteiger partial charge in [-0.25, -0.2) is 4.79 Å². The number of nitrogens with zero attached hydrogens (tertiary/aromatic N) is 2. The number of hydrogen-bond acceptors (Lipinski definition) is 5. The summed E-state index contributed by atoms with van der Waals surface area (Å²) < 4.78 is 9.91. The van der Waals surface area contributed by atoms with Gasteiger partial charge in [0.25, 0.3) is 5.89 Å². The molecule has 0 amide bonds. The van der Waals surface area contributed by atoms with E-state index in [0.717, 1.165) is 18.7 Å². The van der Waals surface area contributed by atoms with Crippen LogP contribution in [0.15, 0.2) is 4.52 Å². The van der Waals surface area contributed by atoms with Crippen molar-refractivity contribution < 1.29 is 19.2 Å². The van der Waals surface area contributed by atoms with Gasteiger partial charge in [0.15, 0.2) is 5.82 Å². The maximum atomic E-state index is 10.3. The monoisotopic (exact) mass is 240 g/mol. The van der Waals surface area contributed by atoms with Crippen molar-refractivity contribution in [1.82, 2.24) is 10.1 Å². The average molecular weight is 240 g/mol. The van der Waals surface area contributed by atoms with E-state index in [1.165, 1.54) is 19.3 Å². The molecule has 1 heterocycles. The zero-order valence-corrected chi connectivity index (χ0v) is 9.59. The van der Waals surface area contributed by atoms with Crippen LogP contribution in [-0.2, 0) is 16.1 Å². The molecule has 0 radical (unpaired) electrons. The maximum Gasteiger partial charge on any atom is 0.329 e. The first kappa shape index (κ1) is 12.0. The van der Waals surface area contributed by atoms with E-state index in [9.17, 15) is 4.79 Å². The largest absolute Gasteiger partial charge is 0.480 e. The Hall–Kier alpha value is -1.43. The van der Waals surface area contributed by atoms with Gasteiger partial charge in [-0.3, -0.25) is 0 Å². The molecule has 2 rings (SSSR count). The number of hydrogen-bond donors (Lipinski definition) is 1. The van der Waals surface area contributed by atoms with Gasteiger partial charge in [0, 0.05) is 5.92 Å². The Morgan fingerprint density at radius 2 is 2.18 bits per heavy atom. The highest BCUT2D eigenvalue weighted by molar-refractivity contribution is 5.67. The van der Waals surface area contributed by atoms with E-state index in [1.807, 2.05) is 0 Å². The lowest BCUT2D eigenvalue weighted by atomic mass is 9.89. The molecule has 0 aromatic carbocycles. The molecule has 0 spiro atoms. The molecule has 1 N–H and O–H groups in total. The van der Waals surface area contributed by atoms with Crippen molar-refractivity contribution in [2.75, 3.05) is 6.61 Å². The van der Waals surface area contributed by atoms with Crippen LogP contribution in [0.2, 0.25) is 0 Å². The van der Waals surface area contributed by atoms with Gasteiger partial charge in [0.05, 0.1) is 0 Å². The third-order valence-electron chi connectivity index (χ3n) is 2.91. The lowest BCUT2D eigenvalue weighted by molar-refractivity contribution is -0.142. The summed E-state index contributed by atoms with van der Waals surface area (Å²) in [4.78, 5) is 14.5. The summed E-state index contributed by atoms with van der Waals surface area (Å²) in [7, 11) is 0. The van der Waals surface area contributed by atoms with E-state index >= 15 is 0 Å². The number of rotatable bonds is 5. The molecule has 0 atom stereocenters. The highest BCUT2D eigenvalue weighted by Gasteiger charge is 2.20. The zero-order chi connectivity index (χ0) is 12.1. The summed E-state index contributed by atoms with van der Waals surface area (Å²) in [6.45, 7) is -0.285. The minimum Gasteiger partial charge on any atom is -0.480 e. The first-order valence-corrected chi connectivity index (χ1v) is 5.87. The first-order valence-electron chi connectivity index (χ1n) is 5.87. The molecular weight excluding hydrogens is 224 g/mol. The van der Waals surface area contributed by atoms with Crippen LogP contribution < -0.4 is 0 Å². The SMILES string of the molecule is O=C(O)COCc1nc(C2CCCCC2)no1.